The number of hydrogen-bond acceptors (Lipinski definition) is 6. The van der Waals surface area contributed by atoms with Crippen molar-refractivity contribution < 1.29 is 9.32 Å². The number of nitrogens with one attached hydrogen (secondary N) is 2. The Balaban J connectivity index is 1.40. The molecule has 3 heterocycles. The highest BCUT2D eigenvalue weighted by atomic mass is 16.5. The third kappa shape index (κ3) is 4.55. The Labute approximate surface area is 141 Å². The van der Waals surface area contributed by atoms with Crippen molar-refractivity contribution in [3.05, 3.63) is 35.7 Å². The second kappa shape index (κ2) is 7.44. The largest absolute Gasteiger partial charge is 0.370 e. The minimum absolute atomic E-state index is 0.0582. The number of carbonyl (C=O) groups excluding carboxylic acids is 1. The predicted octanol–water partition coefficient (Wildman–Crippen LogP) is 2.06. The van der Waals surface area contributed by atoms with Crippen LogP contribution in [0.3, 0.4) is 0 Å². The summed E-state index contributed by atoms with van der Waals surface area (Å²) in [5.74, 6) is 2.52. The highest BCUT2D eigenvalue weighted by molar-refractivity contribution is 5.91. The lowest BCUT2D eigenvalue weighted by Gasteiger charge is -2.15. The molecule has 0 aliphatic carbocycles. The highest BCUT2D eigenvalue weighted by Gasteiger charge is 2.24. The molecule has 2 aromatic heterocycles. The van der Waals surface area contributed by atoms with Crippen LogP contribution in [0.4, 0.5) is 11.6 Å². The number of anilines is 2. The van der Waals surface area contributed by atoms with E-state index in [0.29, 0.717) is 24.0 Å². The summed E-state index contributed by atoms with van der Waals surface area (Å²) in [6.07, 6.45) is 2.94. The summed E-state index contributed by atoms with van der Waals surface area (Å²) in [5.41, 5.74) is 1.15. The second-order valence-corrected chi connectivity index (χ2v) is 6.36. The molecule has 0 unspecified atom stereocenters. The number of aryl methyl sites for hydroxylation is 2. The Morgan fingerprint density at radius 2 is 2.25 bits per heavy atom. The van der Waals surface area contributed by atoms with Gasteiger partial charge >= 0.3 is 0 Å². The topological polar surface area (TPSA) is 83.3 Å². The third-order valence-electron chi connectivity index (χ3n) is 4.12. The summed E-state index contributed by atoms with van der Waals surface area (Å²) < 4.78 is 4.94. The number of amides is 1. The lowest BCUT2D eigenvalue weighted by molar-refractivity contribution is -0.117. The zero-order chi connectivity index (χ0) is 16.9. The fourth-order valence-electron chi connectivity index (χ4n) is 2.86. The molecule has 1 atom stereocenters. The van der Waals surface area contributed by atoms with Gasteiger partial charge < -0.3 is 15.2 Å². The fraction of sp³-hybridized carbons (Fsp3) is 0.471. The van der Waals surface area contributed by atoms with Gasteiger partial charge in [0.25, 0.3) is 0 Å². The van der Waals surface area contributed by atoms with Crippen molar-refractivity contribution in [1.82, 2.24) is 15.0 Å². The minimum atomic E-state index is -0.0582. The molecule has 0 spiro atoms. The third-order valence-corrected chi connectivity index (χ3v) is 4.12. The zero-order valence-corrected chi connectivity index (χ0v) is 14.1. The van der Waals surface area contributed by atoms with Crippen LogP contribution in [-0.2, 0) is 4.79 Å². The smallest absolute Gasteiger partial charge is 0.239 e. The quantitative estimate of drug-likeness (QED) is 0.844. The average Bonchev–Trinajstić information content (AvgIpc) is 3.16. The van der Waals surface area contributed by atoms with Crippen LogP contribution in [0.2, 0.25) is 0 Å². The first-order valence-electron chi connectivity index (χ1n) is 8.20. The van der Waals surface area contributed by atoms with Crippen LogP contribution >= 0.6 is 0 Å². The average molecular weight is 329 g/mol. The van der Waals surface area contributed by atoms with Crippen LogP contribution in [0.1, 0.15) is 17.7 Å². The maximum absolute atomic E-state index is 12.0. The summed E-state index contributed by atoms with van der Waals surface area (Å²) in [6.45, 7) is 6.91. The molecule has 2 aromatic rings. The van der Waals surface area contributed by atoms with E-state index >= 15 is 0 Å². The van der Waals surface area contributed by atoms with E-state index in [1.165, 1.54) is 0 Å². The molecule has 2 N–H and O–H groups in total. The Morgan fingerprint density at radius 3 is 2.96 bits per heavy atom. The summed E-state index contributed by atoms with van der Waals surface area (Å²) >= 11 is 0. The van der Waals surface area contributed by atoms with E-state index in [4.69, 9.17) is 4.52 Å². The molecule has 0 bridgehead atoms. The lowest BCUT2D eigenvalue weighted by Crippen LogP contribution is -2.32. The van der Waals surface area contributed by atoms with Crippen molar-refractivity contribution in [2.24, 2.45) is 5.92 Å². The Morgan fingerprint density at radius 1 is 1.38 bits per heavy atom. The zero-order valence-electron chi connectivity index (χ0n) is 14.1. The molecule has 0 radical (unpaired) electrons. The number of hydrogen-bond donors (Lipinski definition) is 2. The van der Waals surface area contributed by atoms with Gasteiger partial charge in [-0.15, -0.1) is 0 Å². The van der Waals surface area contributed by atoms with Crippen molar-refractivity contribution in [3.63, 3.8) is 0 Å². The van der Waals surface area contributed by atoms with Crippen LogP contribution in [-0.4, -0.2) is 47.1 Å². The molecule has 0 saturated carbocycles. The standard InChI is InChI=1S/C17H23N5O2/c1-12-3-4-15(18-8-12)19-9-14-5-6-22(10-14)11-17(23)20-16-7-13(2)24-21-16/h3-4,7-8,14H,5-6,9-11H2,1-2H3,(H,18,19)(H,20,21,23)/t14-/m0/s1. The fourth-order valence-corrected chi connectivity index (χ4v) is 2.86. The molecule has 1 saturated heterocycles. The van der Waals surface area contributed by atoms with Crippen LogP contribution < -0.4 is 10.6 Å². The molecular weight excluding hydrogens is 306 g/mol. The van der Waals surface area contributed by atoms with Crippen molar-refractivity contribution in [2.45, 2.75) is 20.3 Å². The monoisotopic (exact) mass is 329 g/mol. The molecule has 1 amide bonds. The molecule has 0 aromatic carbocycles. The maximum atomic E-state index is 12.0. The SMILES string of the molecule is Cc1ccc(NC[C@@H]2CCN(CC(=O)Nc3cc(C)on3)C2)nc1. The molecule has 128 valence electrons. The van der Waals surface area contributed by atoms with E-state index in [9.17, 15) is 4.79 Å². The maximum Gasteiger partial charge on any atom is 0.239 e. The number of carbonyl (C=O) groups is 1. The summed E-state index contributed by atoms with van der Waals surface area (Å²) in [6, 6.07) is 5.75. The van der Waals surface area contributed by atoms with Crippen LogP contribution in [0, 0.1) is 19.8 Å². The summed E-state index contributed by atoms with van der Waals surface area (Å²) in [7, 11) is 0. The normalized spacial score (nSPS) is 17.8. The van der Waals surface area contributed by atoms with Crippen molar-refractivity contribution >= 4 is 17.5 Å². The van der Waals surface area contributed by atoms with Gasteiger partial charge in [-0.25, -0.2) is 4.98 Å². The van der Waals surface area contributed by atoms with Gasteiger partial charge in [-0.05, 0) is 44.4 Å². The van der Waals surface area contributed by atoms with E-state index in [1.54, 1.807) is 13.0 Å². The van der Waals surface area contributed by atoms with Gasteiger partial charge in [-0.1, -0.05) is 11.2 Å². The minimum Gasteiger partial charge on any atom is -0.370 e. The number of pyridine rings is 1. The van der Waals surface area contributed by atoms with Crippen molar-refractivity contribution in [1.29, 1.82) is 0 Å². The molecule has 7 heteroatoms. The summed E-state index contributed by atoms with van der Waals surface area (Å²) in [4.78, 5) is 18.6. The van der Waals surface area contributed by atoms with E-state index in [0.717, 1.165) is 37.4 Å². The summed E-state index contributed by atoms with van der Waals surface area (Å²) in [5, 5.41) is 9.90. The number of nitrogens with zero attached hydrogens (tertiary/aromatic N) is 3. The van der Waals surface area contributed by atoms with Gasteiger partial charge in [0.1, 0.15) is 11.6 Å². The Bertz CT molecular complexity index is 683. The first kappa shape index (κ1) is 16.4. The number of likely N-dealkylation sites (tertiary alicyclic amines) is 1. The van der Waals surface area contributed by atoms with Crippen LogP contribution in [0.25, 0.3) is 0 Å². The van der Waals surface area contributed by atoms with E-state index < -0.39 is 0 Å². The molecule has 7 nitrogen and oxygen atoms in total. The molecule has 1 fully saturated rings. The molecule has 3 rings (SSSR count). The Hall–Kier alpha value is -2.41. The van der Waals surface area contributed by atoms with Gasteiger partial charge in [0.15, 0.2) is 5.82 Å². The van der Waals surface area contributed by atoms with Gasteiger partial charge in [0.05, 0.1) is 6.54 Å². The van der Waals surface area contributed by atoms with Gasteiger partial charge in [0, 0.05) is 25.4 Å². The Kier molecular flexibility index (Phi) is 5.10. The molecule has 24 heavy (non-hydrogen) atoms. The van der Waals surface area contributed by atoms with Crippen LogP contribution in [0.5, 0.6) is 0 Å². The highest BCUT2D eigenvalue weighted by Crippen LogP contribution is 2.17. The second-order valence-electron chi connectivity index (χ2n) is 6.36. The molecule has 1 aliphatic rings. The van der Waals surface area contributed by atoms with E-state index in [1.807, 2.05) is 25.3 Å². The van der Waals surface area contributed by atoms with Gasteiger partial charge in [-0.3, -0.25) is 9.69 Å². The van der Waals surface area contributed by atoms with E-state index in [-0.39, 0.29) is 5.91 Å². The van der Waals surface area contributed by atoms with E-state index in [2.05, 4.69) is 25.7 Å². The first-order valence-corrected chi connectivity index (χ1v) is 8.20. The first-order chi connectivity index (χ1) is 11.6. The van der Waals surface area contributed by atoms with Gasteiger partial charge in [-0.2, -0.15) is 0 Å². The van der Waals surface area contributed by atoms with Crippen molar-refractivity contribution in [3.8, 4) is 0 Å². The van der Waals surface area contributed by atoms with Crippen molar-refractivity contribution in [2.75, 3.05) is 36.8 Å². The number of aromatic nitrogens is 2. The number of rotatable bonds is 6. The lowest BCUT2D eigenvalue weighted by atomic mass is 10.1. The molecular formula is C17H23N5O2. The van der Waals surface area contributed by atoms with Gasteiger partial charge in [0.2, 0.25) is 5.91 Å². The van der Waals surface area contributed by atoms with Crippen LogP contribution in [0.15, 0.2) is 28.9 Å². The molecule has 1 aliphatic heterocycles. The predicted molar refractivity (Wildman–Crippen MR) is 91.9 cm³/mol.